The highest BCUT2D eigenvalue weighted by atomic mass is 79.9. The summed E-state index contributed by atoms with van der Waals surface area (Å²) in [5.41, 5.74) is 0.331. The molecule has 1 aromatic rings. The number of nitriles is 1. The molecule has 66 valence electrons. The van der Waals surface area contributed by atoms with Crippen LogP contribution in [0.2, 0.25) is 0 Å². The second kappa shape index (κ2) is 3.87. The van der Waals surface area contributed by atoms with Crippen LogP contribution in [0.4, 0.5) is 11.4 Å². The molecule has 0 radical (unpaired) electrons. The maximum Gasteiger partial charge on any atom is 0.285 e. The van der Waals surface area contributed by atoms with Crippen LogP contribution in [0, 0.1) is 21.6 Å². The van der Waals surface area contributed by atoms with Crippen LogP contribution < -0.4 is 5.32 Å². The zero-order valence-corrected chi connectivity index (χ0v) is 7.91. The van der Waals surface area contributed by atoms with Gasteiger partial charge in [0.25, 0.3) is 5.69 Å². The Labute approximate surface area is 82.3 Å². The summed E-state index contributed by atoms with van der Waals surface area (Å²) in [6.45, 7) is 0. The van der Waals surface area contributed by atoms with Crippen LogP contribution >= 0.6 is 15.9 Å². The van der Waals surface area contributed by atoms with Crippen LogP contribution in [0.15, 0.2) is 22.7 Å². The summed E-state index contributed by atoms with van der Waals surface area (Å²) in [6.07, 6.45) is 1.68. The first-order valence-electron chi connectivity index (χ1n) is 3.24. The van der Waals surface area contributed by atoms with E-state index in [4.69, 9.17) is 5.26 Å². The molecule has 0 fully saturated rings. The van der Waals surface area contributed by atoms with Crippen molar-refractivity contribution >= 4 is 27.3 Å². The quantitative estimate of drug-likeness (QED) is 0.373. The average molecular weight is 242 g/mol. The molecule has 0 saturated heterocycles. The first kappa shape index (κ1) is 9.48. The van der Waals surface area contributed by atoms with E-state index in [0.717, 1.165) is 0 Å². The molecule has 13 heavy (non-hydrogen) atoms. The Bertz CT molecular complexity index is 386. The van der Waals surface area contributed by atoms with Crippen molar-refractivity contribution in [2.24, 2.45) is 0 Å². The molecule has 0 saturated carbocycles. The molecule has 0 atom stereocenters. The van der Waals surface area contributed by atoms with E-state index < -0.39 is 4.92 Å². The molecule has 0 aliphatic carbocycles. The summed E-state index contributed by atoms with van der Waals surface area (Å²) in [4.78, 5) is 9.92. The highest BCUT2D eigenvalue weighted by molar-refractivity contribution is 9.10. The lowest BCUT2D eigenvalue weighted by Gasteiger charge is -1.98. The molecule has 1 aromatic carbocycles. The van der Waals surface area contributed by atoms with Crippen LogP contribution in [-0.4, -0.2) is 4.92 Å². The zero-order valence-electron chi connectivity index (χ0n) is 6.32. The molecule has 0 heterocycles. The van der Waals surface area contributed by atoms with Crippen molar-refractivity contribution in [2.75, 3.05) is 5.32 Å². The third-order valence-electron chi connectivity index (χ3n) is 1.34. The Morgan fingerprint density at radius 3 is 2.85 bits per heavy atom. The fraction of sp³-hybridized carbons (Fsp3) is 0. The Hall–Kier alpha value is -1.61. The minimum absolute atomic E-state index is 0.0692. The fourth-order valence-corrected chi connectivity index (χ4v) is 1.19. The number of hydrogen-bond donors (Lipinski definition) is 1. The highest BCUT2D eigenvalue weighted by Gasteiger charge is 2.11. The van der Waals surface area contributed by atoms with Crippen molar-refractivity contribution in [3.8, 4) is 6.19 Å². The van der Waals surface area contributed by atoms with Crippen LogP contribution in [0.3, 0.4) is 0 Å². The molecule has 0 aromatic heterocycles. The normalized spacial score (nSPS) is 8.92. The summed E-state index contributed by atoms with van der Waals surface area (Å²) < 4.78 is 0.390. The van der Waals surface area contributed by atoms with Gasteiger partial charge in [0.1, 0.15) is 0 Å². The van der Waals surface area contributed by atoms with Crippen LogP contribution in [0.1, 0.15) is 0 Å². The summed E-state index contributed by atoms with van der Waals surface area (Å²) in [5.74, 6) is 0. The molecule has 0 aliphatic heterocycles. The first-order valence-corrected chi connectivity index (χ1v) is 4.03. The van der Waals surface area contributed by atoms with Gasteiger partial charge in [0.05, 0.1) is 15.1 Å². The molecule has 1 N–H and O–H groups in total. The van der Waals surface area contributed by atoms with Gasteiger partial charge in [-0.2, -0.15) is 5.26 Å². The van der Waals surface area contributed by atoms with Crippen molar-refractivity contribution in [1.82, 2.24) is 0 Å². The van der Waals surface area contributed by atoms with Crippen molar-refractivity contribution in [3.63, 3.8) is 0 Å². The summed E-state index contributed by atoms with van der Waals surface area (Å²) >= 11 is 3.03. The smallest absolute Gasteiger partial charge is 0.285 e. The second-order valence-corrected chi connectivity index (χ2v) is 3.01. The SMILES string of the molecule is N#CNc1ccc(Br)c([N+](=O)[O-])c1. The van der Waals surface area contributed by atoms with Crippen LogP contribution in [-0.2, 0) is 0 Å². The lowest BCUT2D eigenvalue weighted by Crippen LogP contribution is -1.92. The first-order chi connectivity index (χ1) is 6.15. The van der Waals surface area contributed by atoms with Crippen molar-refractivity contribution in [3.05, 3.63) is 32.8 Å². The Balaban J connectivity index is 3.13. The van der Waals surface area contributed by atoms with Gasteiger partial charge in [0.15, 0.2) is 6.19 Å². The number of halogens is 1. The molecule has 0 amide bonds. The number of nitro groups is 1. The van der Waals surface area contributed by atoms with Crippen molar-refractivity contribution < 1.29 is 4.92 Å². The van der Waals surface area contributed by atoms with Crippen molar-refractivity contribution in [1.29, 1.82) is 5.26 Å². The standard InChI is InChI=1S/C7H4BrN3O2/c8-6-2-1-5(10-4-9)3-7(6)11(12)13/h1-3,10H. The van der Waals surface area contributed by atoms with Gasteiger partial charge in [-0.15, -0.1) is 0 Å². The molecule has 0 bridgehead atoms. The van der Waals surface area contributed by atoms with Crippen LogP contribution in [0.25, 0.3) is 0 Å². The van der Waals surface area contributed by atoms with E-state index in [2.05, 4.69) is 21.2 Å². The Kier molecular flexibility index (Phi) is 2.82. The predicted molar refractivity (Wildman–Crippen MR) is 50.0 cm³/mol. The second-order valence-electron chi connectivity index (χ2n) is 2.16. The third kappa shape index (κ3) is 2.16. The summed E-state index contributed by atoms with van der Waals surface area (Å²) in [6, 6.07) is 4.37. The Morgan fingerprint density at radius 1 is 1.62 bits per heavy atom. The number of hydrogen-bond acceptors (Lipinski definition) is 4. The molecule has 0 aliphatic rings. The molecule has 5 nitrogen and oxygen atoms in total. The van der Waals surface area contributed by atoms with Gasteiger partial charge in [-0.25, -0.2) is 0 Å². The monoisotopic (exact) mass is 241 g/mol. The van der Waals surface area contributed by atoms with E-state index in [1.165, 1.54) is 12.1 Å². The number of nitro benzene ring substituents is 1. The molecule has 0 spiro atoms. The number of rotatable bonds is 2. The maximum atomic E-state index is 10.4. The lowest BCUT2D eigenvalue weighted by atomic mass is 10.3. The fourth-order valence-electron chi connectivity index (χ4n) is 0.795. The van der Waals surface area contributed by atoms with E-state index in [-0.39, 0.29) is 5.69 Å². The van der Waals surface area contributed by atoms with E-state index in [0.29, 0.717) is 10.2 Å². The highest BCUT2D eigenvalue weighted by Crippen LogP contribution is 2.27. The van der Waals surface area contributed by atoms with Crippen molar-refractivity contribution in [2.45, 2.75) is 0 Å². The number of benzene rings is 1. The zero-order chi connectivity index (χ0) is 9.84. The molecule has 6 heteroatoms. The number of nitrogens with one attached hydrogen (secondary N) is 1. The van der Waals surface area contributed by atoms with Gasteiger partial charge >= 0.3 is 0 Å². The molecule has 0 unspecified atom stereocenters. The van der Waals surface area contributed by atoms with E-state index in [9.17, 15) is 10.1 Å². The van der Waals surface area contributed by atoms with Gasteiger partial charge in [-0.3, -0.25) is 15.4 Å². The van der Waals surface area contributed by atoms with Crippen LogP contribution in [0.5, 0.6) is 0 Å². The average Bonchev–Trinajstić information content (AvgIpc) is 2.08. The van der Waals surface area contributed by atoms with Gasteiger partial charge in [-0.05, 0) is 28.1 Å². The minimum Gasteiger partial charge on any atom is -0.293 e. The topological polar surface area (TPSA) is 79.0 Å². The minimum atomic E-state index is -0.521. The number of nitrogens with zero attached hydrogens (tertiary/aromatic N) is 2. The van der Waals surface area contributed by atoms with E-state index in [1.54, 1.807) is 12.3 Å². The largest absolute Gasteiger partial charge is 0.293 e. The summed E-state index contributed by atoms with van der Waals surface area (Å²) in [5, 5.41) is 21.0. The van der Waals surface area contributed by atoms with E-state index >= 15 is 0 Å². The summed E-state index contributed by atoms with van der Waals surface area (Å²) in [7, 11) is 0. The lowest BCUT2D eigenvalue weighted by molar-refractivity contribution is -0.385. The maximum absolute atomic E-state index is 10.4. The third-order valence-corrected chi connectivity index (χ3v) is 2.01. The Morgan fingerprint density at radius 2 is 2.31 bits per heavy atom. The van der Waals surface area contributed by atoms with Gasteiger partial charge in [0.2, 0.25) is 0 Å². The predicted octanol–water partition coefficient (Wildman–Crippen LogP) is 2.25. The van der Waals surface area contributed by atoms with Gasteiger partial charge in [-0.1, -0.05) is 0 Å². The molecule has 1 rings (SSSR count). The van der Waals surface area contributed by atoms with Gasteiger partial charge in [0, 0.05) is 6.07 Å². The molecular formula is C7H4BrN3O2. The number of anilines is 1. The van der Waals surface area contributed by atoms with E-state index in [1.807, 2.05) is 0 Å². The molecular weight excluding hydrogens is 238 g/mol. The van der Waals surface area contributed by atoms with Gasteiger partial charge < -0.3 is 0 Å².